The fourth-order valence-corrected chi connectivity index (χ4v) is 4.85. The van der Waals surface area contributed by atoms with Gasteiger partial charge in [-0.05, 0) is 41.8 Å². The molecule has 0 aliphatic heterocycles. The first-order valence-electron chi connectivity index (χ1n) is 8.18. The van der Waals surface area contributed by atoms with Crippen molar-refractivity contribution < 1.29 is 17.9 Å². The van der Waals surface area contributed by atoms with Crippen LogP contribution in [-0.4, -0.2) is 32.2 Å². The predicted molar refractivity (Wildman–Crippen MR) is 111 cm³/mol. The molecule has 0 saturated heterocycles. The minimum atomic E-state index is -3.72. The molecule has 0 fully saturated rings. The number of sulfonamides is 1. The Labute approximate surface area is 172 Å². The molecule has 9 heteroatoms. The molecule has 0 atom stereocenters. The molecule has 0 radical (unpaired) electrons. The van der Waals surface area contributed by atoms with E-state index in [1.165, 1.54) is 13.1 Å². The third-order valence-electron chi connectivity index (χ3n) is 3.71. The van der Waals surface area contributed by atoms with Gasteiger partial charge in [-0.1, -0.05) is 35.9 Å². The Hall–Kier alpha value is -2.39. The Kier molecular flexibility index (Phi) is 6.35. The number of amides is 1. The molecule has 0 unspecified atom stereocenters. The maximum absolute atomic E-state index is 12.5. The van der Waals surface area contributed by atoms with Gasteiger partial charge in [0.25, 0.3) is 10.0 Å². The Morgan fingerprint density at radius 1 is 1.14 bits per heavy atom. The summed E-state index contributed by atoms with van der Waals surface area (Å²) in [4.78, 5) is 12.4. The van der Waals surface area contributed by atoms with Gasteiger partial charge in [0.15, 0.2) is 5.75 Å². The molecule has 1 amide bonds. The molecule has 146 valence electrons. The SMILES string of the molecule is CN(CC(=O)Nc1cc(Cl)ccc1Oc1ccccc1)S(=O)(=O)c1cccs1. The van der Waals surface area contributed by atoms with Crippen LogP contribution >= 0.6 is 22.9 Å². The van der Waals surface area contributed by atoms with Crippen LogP contribution in [0.5, 0.6) is 11.5 Å². The zero-order chi connectivity index (χ0) is 20.1. The van der Waals surface area contributed by atoms with E-state index in [-0.39, 0.29) is 10.8 Å². The quantitative estimate of drug-likeness (QED) is 0.593. The average Bonchev–Trinajstić information content (AvgIpc) is 3.20. The summed E-state index contributed by atoms with van der Waals surface area (Å²) in [5.41, 5.74) is 0.350. The fraction of sp³-hybridized carbons (Fsp3) is 0.105. The molecule has 3 rings (SSSR count). The van der Waals surface area contributed by atoms with Crippen LogP contribution < -0.4 is 10.1 Å². The van der Waals surface area contributed by atoms with E-state index in [4.69, 9.17) is 16.3 Å². The number of nitrogens with one attached hydrogen (secondary N) is 1. The van der Waals surface area contributed by atoms with Crippen molar-refractivity contribution in [3.05, 3.63) is 71.1 Å². The highest BCUT2D eigenvalue weighted by molar-refractivity contribution is 7.91. The molecule has 0 aliphatic carbocycles. The summed E-state index contributed by atoms with van der Waals surface area (Å²) in [6.45, 7) is -0.350. The lowest BCUT2D eigenvalue weighted by Gasteiger charge is -2.17. The summed E-state index contributed by atoms with van der Waals surface area (Å²) in [6, 6.07) is 17.0. The highest BCUT2D eigenvalue weighted by atomic mass is 35.5. The van der Waals surface area contributed by atoms with Crippen LogP contribution in [0.4, 0.5) is 5.69 Å². The van der Waals surface area contributed by atoms with Gasteiger partial charge in [-0.3, -0.25) is 4.79 Å². The highest BCUT2D eigenvalue weighted by Crippen LogP contribution is 2.32. The van der Waals surface area contributed by atoms with Crippen LogP contribution in [-0.2, 0) is 14.8 Å². The van der Waals surface area contributed by atoms with E-state index in [9.17, 15) is 13.2 Å². The zero-order valence-electron chi connectivity index (χ0n) is 14.8. The molecule has 0 spiro atoms. The van der Waals surface area contributed by atoms with Crippen molar-refractivity contribution in [3.8, 4) is 11.5 Å². The third kappa shape index (κ3) is 4.90. The Morgan fingerprint density at radius 3 is 2.57 bits per heavy atom. The van der Waals surface area contributed by atoms with E-state index in [1.807, 2.05) is 18.2 Å². The third-order valence-corrected chi connectivity index (χ3v) is 7.12. The topological polar surface area (TPSA) is 75.7 Å². The van der Waals surface area contributed by atoms with E-state index < -0.39 is 15.9 Å². The molecule has 6 nitrogen and oxygen atoms in total. The molecular formula is C19H17ClN2O4S2. The van der Waals surface area contributed by atoms with Crippen LogP contribution in [0.1, 0.15) is 0 Å². The molecule has 2 aromatic carbocycles. The number of likely N-dealkylation sites (N-methyl/N-ethyl adjacent to an activating group) is 1. The van der Waals surface area contributed by atoms with E-state index >= 15 is 0 Å². The number of hydrogen-bond acceptors (Lipinski definition) is 5. The number of hydrogen-bond donors (Lipinski definition) is 1. The monoisotopic (exact) mass is 436 g/mol. The van der Waals surface area contributed by atoms with Crippen molar-refractivity contribution in [1.29, 1.82) is 0 Å². The first-order chi connectivity index (χ1) is 13.4. The summed E-state index contributed by atoms with van der Waals surface area (Å²) in [5.74, 6) is 0.480. The number of anilines is 1. The second kappa shape index (κ2) is 8.74. The molecule has 1 heterocycles. The second-order valence-corrected chi connectivity index (χ2v) is 9.45. The molecule has 1 aromatic heterocycles. The fourth-order valence-electron chi connectivity index (χ4n) is 2.35. The maximum atomic E-state index is 12.5. The van der Waals surface area contributed by atoms with Gasteiger partial charge in [0.05, 0.1) is 12.2 Å². The Balaban J connectivity index is 1.74. The lowest BCUT2D eigenvalue weighted by atomic mass is 10.2. The number of carbonyl (C=O) groups is 1. The normalized spacial score (nSPS) is 11.4. The van der Waals surface area contributed by atoms with Crippen LogP contribution in [0, 0.1) is 0 Å². The Bertz CT molecular complexity index is 1050. The van der Waals surface area contributed by atoms with Crippen molar-refractivity contribution in [2.45, 2.75) is 4.21 Å². The summed E-state index contributed by atoms with van der Waals surface area (Å²) >= 11 is 7.13. The number of benzene rings is 2. The summed E-state index contributed by atoms with van der Waals surface area (Å²) < 4.78 is 31.9. The van der Waals surface area contributed by atoms with E-state index in [0.717, 1.165) is 15.6 Å². The van der Waals surface area contributed by atoms with Crippen LogP contribution in [0.15, 0.2) is 70.3 Å². The Morgan fingerprint density at radius 2 is 1.89 bits per heavy atom. The average molecular weight is 437 g/mol. The van der Waals surface area contributed by atoms with Crippen molar-refractivity contribution in [2.24, 2.45) is 0 Å². The van der Waals surface area contributed by atoms with Crippen molar-refractivity contribution in [1.82, 2.24) is 4.31 Å². The largest absolute Gasteiger partial charge is 0.455 e. The molecule has 3 aromatic rings. The number of rotatable bonds is 7. The van der Waals surface area contributed by atoms with Gasteiger partial charge in [0, 0.05) is 12.1 Å². The highest BCUT2D eigenvalue weighted by Gasteiger charge is 2.24. The molecule has 1 N–H and O–H groups in total. The smallest absolute Gasteiger partial charge is 0.252 e. The second-order valence-electron chi connectivity index (χ2n) is 5.80. The molecule has 0 saturated carbocycles. The molecule has 0 aliphatic rings. The molecular weight excluding hydrogens is 420 g/mol. The van der Waals surface area contributed by atoms with Gasteiger partial charge in [-0.25, -0.2) is 8.42 Å². The first kappa shape index (κ1) is 20.3. The van der Waals surface area contributed by atoms with Crippen LogP contribution in [0.25, 0.3) is 0 Å². The van der Waals surface area contributed by atoms with E-state index in [1.54, 1.807) is 41.8 Å². The molecule has 28 heavy (non-hydrogen) atoms. The first-order valence-corrected chi connectivity index (χ1v) is 10.9. The minimum Gasteiger partial charge on any atom is -0.455 e. The predicted octanol–water partition coefficient (Wildman–Crippen LogP) is 4.45. The van der Waals surface area contributed by atoms with Gasteiger partial charge in [-0.2, -0.15) is 4.31 Å². The van der Waals surface area contributed by atoms with Gasteiger partial charge in [-0.15, -0.1) is 11.3 Å². The number of halogens is 1. The van der Waals surface area contributed by atoms with E-state index in [0.29, 0.717) is 22.2 Å². The van der Waals surface area contributed by atoms with Crippen molar-refractivity contribution in [3.63, 3.8) is 0 Å². The number of nitrogens with zero attached hydrogens (tertiary/aromatic N) is 1. The van der Waals surface area contributed by atoms with Crippen LogP contribution in [0.2, 0.25) is 5.02 Å². The number of ether oxygens (including phenoxy) is 1. The number of carbonyl (C=O) groups excluding carboxylic acids is 1. The summed E-state index contributed by atoms with van der Waals surface area (Å²) in [5, 5.41) is 4.75. The van der Waals surface area contributed by atoms with Gasteiger partial charge >= 0.3 is 0 Å². The lowest BCUT2D eigenvalue weighted by molar-refractivity contribution is -0.116. The zero-order valence-corrected chi connectivity index (χ0v) is 17.2. The van der Waals surface area contributed by atoms with Crippen LogP contribution in [0.3, 0.4) is 0 Å². The lowest BCUT2D eigenvalue weighted by Crippen LogP contribution is -2.34. The summed E-state index contributed by atoms with van der Waals surface area (Å²) in [6.07, 6.45) is 0. The van der Waals surface area contributed by atoms with Crippen molar-refractivity contribution in [2.75, 3.05) is 18.9 Å². The van der Waals surface area contributed by atoms with Crippen molar-refractivity contribution >= 4 is 44.6 Å². The minimum absolute atomic E-state index is 0.179. The number of thiophene rings is 1. The molecule has 0 bridgehead atoms. The standard InChI is InChI=1S/C19H17ClN2O4S2/c1-22(28(24,25)19-8-5-11-27-19)13-18(23)21-16-12-14(20)9-10-17(16)26-15-6-3-2-4-7-15/h2-12H,13H2,1H3,(H,21,23). The van der Waals surface area contributed by atoms with E-state index in [2.05, 4.69) is 5.32 Å². The van der Waals surface area contributed by atoms with Gasteiger partial charge in [0.1, 0.15) is 9.96 Å². The van der Waals surface area contributed by atoms with Gasteiger partial charge in [0.2, 0.25) is 5.91 Å². The number of para-hydroxylation sites is 1. The summed E-state index contributed by atoms with van der Waals surface area (Å²) in [7, 11) is -2.36. The van der Waals surface area contributed by atoms with Gasteiger partial charge < -0.3 is 10.1 Å². The maximum Gasteiger partial charge on any atom is 0.252 e.